The molecule has 2 rings (SSSR count). The molecule has 0 spiro atoms. The van der Waals surface area contributed by atoms with Gasteiger partial charge in [-0.2, -0.15) is 5.26 Å². The van der Waals surface area contributed by atoms with Crippen LogP contribution < -0.4 is 0 Å². The van der Waals surface area contributed by atoms with Crippen LogP contribution in [0.5, 0.6) is 0 Å². The maximum Gasteiger partial charge on any atom is 0.0881 e. The first-order valence-corrected chi connectivity index (χ1v) is 6.22. The number of halogens is 2. The van der Waals surface area contributed by atoms with Crippen LogP contribution in [-0.4, -0.2) is 27.8 Å². The van der Waals surface area contributed by atoms with E-state index in [1.54, 1.807) is 0 Å². The molecule has 4 heteroatoms. The molecule has 72 valence electrons. The van der Waals surface area contributed by atoms with Crippen LogP contribution >= 0.6 is 31.9 Å². The lowest BCUT2D eigenvalue weighted by molar-refractivity contribution is 0.224. The second kappa shape index (κ2) is 3.52. The van der Waals surface area contributed by atoms with Gasteiger partial charge in [0.1, 0.15) is 0 Å². The summed E-state index contributed by atoms with van der Waals surface area (Å²) >= 11 is 7.40. The van der Waals surface area contributed by atoms with Crippen molar-refractivity contribution in [1.29, 1.82) is 5.26 Å². The molecule has 1 saturated carbocycles. The van der Waals surface area contributed by atoms with Crippen LogP contribution in [0.15, 0.2) is 0 Å². The minimum absolute atomic E-state index is 0.224. The Morgan fingerprint density at radius 2 is 2.23 bits per heavy atom. The summed E-state index contributed by atoms with van der Waals surface area (Å²) in [6.07, 6.45) is 1.92. The van der Waals surface area contributed by atoms with Crippen molar-refractivity contribution < 1.29 is 0 Å². The number of fused-ring (bicyclic) bond motifs is 1. The molecule has 0 amide bonds. The lowest BCUT2D eigenvalue weighted by atomic mass is 10.1. The van der Waals surface area contributed by atoms with Crippen LogP contribution in [0.25, 0.3) is 0 Å². The molecule has 2 atom stereocenters. The van der Waals surface area contributed by atoms with Crippen LogP contribution in [0.4, 0.5) is 0 Å². The standard InChI is InChI=1S/C9H12Br2N2/c10-9(11)7-2-5-13(4-1-3-12)6-8(7)9/h7-8H,1-2,4-6H2. The molecule has 0 radical (unpaired) electrons. The molecular weight excluding hydrogens is 296 g/mol. The fourth-order valence-electron chi connectivity index (χ4n) is 2.21. The van der Waals surface area contributed by atoms with Gasteiger partial charge in [-0.3, -0.25) is 0 Å². The van der Waals surface area contributed by atoms with E-state index < -0.39 is 0 Å². The third-order valence-corrected chi connectivity index (χ3v) is 5.47. The van der Waals surface area contributed by atoms with Crippen molar-refractivity contribution in [3.8, 4) is 6.07 Å². The Bertz CT molecular complexity index is 246. The average molecular weight is 308 g/mol. The largest absolute Gasteiger partial charge is 0.302 e. The molecule has 0 N–H and O–H groups in total. The van der Waals surface area contributed by atoms with Crippen LogP contribution in [0.2, 0.25) is 0 Å². The van der Waals surface area contributed by atoms with E-state index in [1.807, 2.05) is 0 Å². The van der Waals surface area contributed by atoms with Crippen molar-refractivity contribution in [3.05, 3.63) is 0 Å². The summed E-state index contributed by atoms with van der Waals surface area (Å²) in [4.78, 5) is 2.40. The fraction of sp³-hybridized carbons (Fsp3) is 0.889. The Hall–Kier alpha value is 0.410. The van der Waals surface area contributed by atoms with Gasteiger partial charge in [0.15, 0.2) is 0 Å². The third-order valence-electron chi connectivity index (χ3n) is 3.12. The normalized spacial score (nSPS) is 36.4. The fourth-order valence-corrected chi connectivity index (χ4v) is 3.96. The predicted molar refractivity (Wildman–Crippen MR) is 58.9 cm³/mol. The van der Waals surface area contributed by atoms with Gasteiger partial charge < -0.3 is 4.90 Å². The van der Waals surface area contributed by atoms with Crippen molar-refractivity contribution in [2.75, 3.05) is 19.6 Å². The van der Waals surface area contributed by atoms with Crippen LogP contribution in [0, 0.1) is 23.2 Å². The maximum atomic E-state index is 8.48. The van der Waals surface area contributed by atoms with E-state index in [-0.39, 0.29) is 3.23 Å². The van der Waals surface area contributed by atoms with Crippen LogP contribution in [0.1, 0.15) is 12.8 Å². The number of alkyl halides is 2. The van der Waals surface area contributed by atoms with Crippen molar-refractivity contribution in [2.24, 2.45) is 11.8 Å². The van der Waals surface area contributed by atoms with Crippen molar-refractivity contribution >= 4 is 31.9 Å². The quantitative estimate of drug-likeness (QED) is 0.732. The number of nitriles is 1. The minimum Gasteiger partial charge on any atom is -0.302 e. The highest BCUT2D eigenvalue weighted by atomic mass is 79.9. The summed E-state index contributed by atoms with van der Waals surface area (Å²) in [5, 5.41) is 8.48. The third kappa shape index (κ3) is 1.79. The van der Waals surface area contributed by atoms with E-state index in [9.17, 15) is 0 Å². The van der Waals surface area contributed by atoms with E-state index in [1.165, 1.54) is 6.42 Å². The Morgan fingerprint density at radius 1 is 1.46 bits per heavy atom. The molecule has 2 fully saturated rings. The number of hydrogen-bond acceptors (Lipinski definition) is 2. The minimum atomic E-state index is 0.224. The van der Waals surface area contributed by atoms with Gasteiger partial charge in [-0.1, -0.05) is 31.9 Å². The molecule has 0 bridgehead atoms. The van der Waals surface area contributed by atoms with Crippen molar-refractivity contribution in [2.45, 2.75) is 16.1 Å². The molecule has 0 aromatic rings. The molecule has 1 aliphatic heterocycles. The number of likely N-dealkylation sites (tertiary alicyclic amines) is 1. The first kappa shape index (κ1) is 9.95. The highest BCUT2D eigenvalue weighted by molar-refractivity contribution is 9.25. The molecule has 0 aromatic carbocycles. The smallest absolute Gasteiger partial charge is 0.0881 e. The first-order valence-electron chi connectivity index (χ1n) is 4.63. The Morgan fingerprint density at radius 3 is 2.85 bits per heavy atom. The highest BCUT2D eigenvalue weighted by Gasteiger charge is 2.62. The van der Waals surface area contributed by atoms with E-state index in [4.69, 9.17) is 5.26 Å². The molecule has 0 aromatic heterocycles. The molecule has 13 heavy (non-hydrogen) atoms. The molecule has 2 aliphatic rings. The van der Waals surface area contributed by atoms with Gasteiger partial charge >= 0.3 is 0 Å². The average Bonchev–Trinajstić information content (AvgIpc) is 2.66. The number of piperidine rings is 1. The highest BCUT2D eigenvalue weighted by Crippen LogP contribution is 2.64. The molecule has 2 unspecified atom stereocenters. The molecular formula is C9H12Br2N2. The molecule has 2 nitrogen and oxygen atoms in total. The van der Waals surface area contributed by atoms with Crippen LogP contribution in [0.3, 0.4) is 0 Å². The molecule has 1 saturated heterocycles. The van der Waals surface area contributed by atoms with E-state index in [2.05, 4.69) is 42.8 Å². The lowest BCUT2D eigenvalue weighted by Gasteiger charge is -2.24. The Balaban J connectivity index is 1.83. The second-order valence-corrected chi connectivity index (χ2v) is 7.57. The SMILES string of the molecule is N#CCCN1CCC2C(C1)C2(Br)Br. The molecule has 1 aliphatic carbocycles. The summed E-state index contributed by atoms with van der Waals surface area (Å²) in [6.45, 7) is 3.24. The zero-order valence-corrected chi connectivity index (χ0v) is 10.5. The van der Waals surface area contributed by atoms with Crippen molar-refractivity contribution in [1.82, 2.24) is 4.90 Å². The summed E-state index contributed by atoms with van der Waals surface area (Å²) < 4.78 is 0.224. The van der Waals surface area contributed by atoms with Crippen LogP contribution in [-0.2, 0) is 0 Å². The Labute approximate surface area is 95.5 Å². The monoisotopic (exact) mass is 306 g/mol. The predicted octanol–water partition coefficient (Wildman–Crippen LogP) is 2.34. The zero-order valence-electron chi connectivity index (χ0n) is 7.34. The summed E-state index contributed by atoms with van der Waals surface area (Å²) in [5.41, 5.74) is 0. The topological polar surface area (TPSA) is 27.0 Å². The number of nitrogens with zero attached hydrogens (tertiary/aromatic N) is 2. The van der Waals surface area contributed by atoms with E-state index in [0.29, 0.717) is 6.42 Å². The van der Waals surface area contributed by atoms with Gasteiger partial charge in [0, 0.05) is 25.4 Å². The van der Waals surface area contributed by atoms with Gasteiger partial charge in [0.25, 0.3) is 0 Å². The zero-order chi connectivity index (χ0) is 9.47. The van der Waals surface area contributed by atoms with Gasteiger partial charge in [0.2, 0.25) is 0 Å². The van der Waals surface area contributed by atoms with E-state index in [0.717, 1.165) is 31.5 Å². The van der Waals surface area contributed by atoms with Gasteiger partial charge in [-0.25, -0.2) is 0 Å². The number of hydrogen-bond donors (Lipinski definition) is 0. The summed E-state index contributed by atoms with van der Waals surface area (Å²) in [6, 6.07) is 2.20. The number of rotatable bonds is 2. The molecule has 1 heterocycles. The first-order chi connectivity index (χ1) is 6.16. The maximum absolute atomic E-state index is 8.48. The van der Waals surface area contributed by atoms with Gasteiger partial charge in [-0.05, 0) is 18.9 Å². The van der Waals surface area contributed by atoms with E-state index >= 15 is 0 Å². The second-order valence-electron chi connectivity index (χ2n) is 3.88. The summed E-state index contributed by atoms with van der Waals surface area (Å²) in [7, 11) is 0. The van der Waals surface area contributed by atoms with Gasteiger partial charge in [0.05, 0.1) is 9.30 Å². The Kier molecular flexibility index (Phi) is 2.70. The van der Waals surface area contributed by atoms with Gasteiger partial charge in [-0.15, -0.1) is 0 Å². The van der Waals surface area contributed by atoms with Crippen molar-refractivity contribution in [3.63, 3.8) is 0 Å². The lowest BCUT2D eigenvalue weighted by Crippen LogP contribution is -2.32. The summed E-state index contributed by atoms with van der Waals surface area (Å²) in [5.74, 6) is 1.56.